The Morgan fingerprint density at radius 2 is 0.821 bits per heavy atom. The Balaban J connectivity index is 1.74. The molecule has 2 aromatic carbocycles. The second-order valence-corrected chi connectivity index (χ2v) is 16.7. The third-order valence-corrected chi connectivity index (χ3v) is 10.4. The van der Waals surface area contributed by atoms with E-state index in [2.05, 4.69) is 85.7 Å². The Hall–Kier alpha value is -5.34. The summed E-state index contributed by atoms with van der Waals surface area (Å²) in [5.41, 5.74) is 48.9. The van der Waals surface area contributed by atoms with Gasteiger partial charge in [0.15, 0.2) is 0 Å². The fourth-order valence-corrected chi connectivity index (χ4v) is 6.98. The average molecular weight is 759 g/mol. The van der Waals surface area contributed by atoms with Crippen LogP contribution in [0.2, 0.25) is 0 Å². The van der Waals surface area contributed by atoms with Crippen molar-refractivity contribution in [3.8, 4) is 56.8 Å². The second kappa shape index (κ2) is 15.0. The zero-order valence-corrected chi connectivity index (χ0v) is 33.8. The molecule has 56 heavy (non-hydrogen) atoms. The lowest BCUT2D eigenvalue weighted by Crippen LogP contribution is -2.61. The summed E-state index contributed by atoms with van der Waals surface area (Å²) in [4.78, 5) is 14.6. The van der Waals surface area contributed by atoms with Gasteiger partial charge in [-0.1, -0.05) is 41.5 Å². The zero-order chi connectivity index (χ0) is 40.8. The van der Waals surface area contributed by atoms with Gasteiger partial charge < -0.3 is 63.8 Å². The first-order chi connectivity index (χ1) is 26.3. The first-order valence-electron chi connectivity index (χ1n) is 18.8. The monoisotopic (exact) mass is 758 g/mol. The molecule has 4 aromatic heterocycles. The number of hydrogen-bond donors (Lipinski definition) is 10. The van der Waals surface area contributed by atoms with Gasteiger partial charge in [0.25, 0.3) is 0 Å². The Morgan fingerprint density at radius 1 is 0.482 bits per heavy atom. The van der Waals surface area contributed by atoms with Crippen LogP contribution in [0.15, 0.2) is 84.9 Å². The summed E-state index contributed by atoms with van der Waals surface area (Å²) in [7, 11) is 3.27. The number of aromatic amines is 4. The molecule has 12 nitrogen and oxygen atoms in total. The average Bonchev–Trinajstić information content (AvgIpc) is 3.99. The first-order valence-corrected chi connectivity index (χ1v) is 18.8. The Kier molecular flexibility index (Phi) is 10.8. The molecule has 0 amide bonds. The summed E-state index contributed by atoms with van der Waals surface area (Å²) in [6.45, 7) is 12.7. The maximum Gasteiger partial charge on any atom is 0.118 e. The molecule has 0 fully saturated rings. The number of methoxy groups -OCH3 is 2. The molecule has 0 saturated heterocycles. The van der Waals surface area contributed by atoms with Gasteiger partial charge in [-0.2, -0.15) is 0 Å². The van der Waals surface area contributed by atoms with Crippen LogP contribution in [0.3, 0.4) is 0 Å². The predicted octanol–water partition coefficient (Wildman–Crippen LogP) is 6.33. The summed E-state index contributed by atoms with van der Waals surface area (Å²) in [6.07, 6.45) is 0. The molecule has 12 heteroatoms. The van der Waals surface area contributed by atoms with Gasteiger partial charge in [-0.25, -0.2) is 0 Å². The fourth-order valence-electron chi connectivity index (χ4n) is 6.98. The van der Waals surface area contributed by atoms with Gasteiger partial charge in [0.05, 0.1) is 48.4 Å². The fraction of sp³-hybridized carbons (Fsp3) is 0.318. The van der Waals surface area contributed by atoms with Crippen molar-refractivity contribution in [1.29, 1.82) is 0 Å². The molecule has 0 aliphatic heterocycles. The van der Waals surface area contributed by atoms with Crippen molar-refractivity contribution in [2.24, 2.45) is 34.4 Å². The van der Waals surface area contributed by atoms with Crippen molar-refractivity contribution >= 4 is 11.1 Å². The summed E-state index contributed by atoms with van der Waals surface area (Å²) in [5.74, 6) is 1.42. The predicted molar refractivity (Wildman–Crippen MR) is 230 cm³/mol. The molecule has 0 saturated carbocycles. The van der Waals surface area contributed by atoms with Gasteiger partial charge in [-0.15, -0.1) is 0 Å². The number of nitrogens with two attached hydrogens (primary N) is 6. The van der Waals surface area contributed by atoms with E-state index < -0.39 is 11.3 Å². The number of ether oxygens (including phenoxy) is 2. The van der Waals surface area contributed by atoms with Crippen molar-refractivity contribution < 1.29 is 9.47 Å². The Labute approximate surface area is 329 Å². The van der Waals surface area contributed by atoms with Crippen LogP contribution in [0, 0.1) is 0 Å². The maximum absolute atomic E-state index is 7.15. The smallest absolute Gasteiger partial charge is 0.118 e. The molecule has 0 spiro atoms. The maximum atomic E-state index is 7.15. The van der Waals surface area contributed by atoms with Gasteiger partial charge in [-0.3, -0.25) is 0 Å². The molecule has 4 heterocycles. The molecule has 296 valence electrons. The zero-order valence-electron chi connectivity index (χ0n) is 33.8. The van der Waals surface area contributed by atoms with E-state index in [-0.39, 0.29) is 23.9 Å². The van der Waals surface area contributed by atoms with Crippen LogP contribution in [-0.2, 0) is 10.8 Å². The van der Waals surface area contributed by atoms with Crippen molar-refractivity contribution in [2.75, 3.05) is 27.3 Å². The van der Waals surface area contributed by atoms with E-state index in [1.807, 2.05) is 60.7 Å². The van der Waals surface area contributed by atoms with Gasteiger partial charge in [0.1, 0.15) is 22.8 Å². The minimum Gasteiger partial charge on any atom is -0.497 e. The molecule has 0 radical (unpaired) electrons. The second-order valence-electron chi connectivity index (χ2n) is 16.7. The molecule has 0 bridgehead atoms. The van der Waals surface area contributed by atoms with Crippen molar-refractivity contribution in [3.05, 3.63) is 107 Å². The number of nitrogens with one attached hydrogen (secondary N) is 4. The van der Waals surface area contributed by atoms with Crippen LogP contribution < -0.4 is 43.9 Å². The third kappa shape index (κ3) is 7.85. The van der Waals surface area contributed by atoms with E-state index in [1.54, 1.807) is 14.2 Å². The Bertz CT molecular complexity index is 2160. The van der Waals surface area contributed by atoms with E-state index >= 15 is 0 Å². The molecular weight excluding hydrogens is 701 g/mol. The first kappa shape index (κ1) is 40.3. The summed E-state index contributed by atoms with van der Waals surface area (Å²) >= 11 is 0. The summed E-state index contributed by atoms with van der Waals surface area (Å²) in [6, 6.07) is 27.8. The highest BCUT2D eigenvalue weighted by molar-refractivity contribution is 6.05. The Morgan fingerprint density at radius 3 is 1.09 bits per heavy atom. The number of rotatable bonds is 12. The highest BCUT2D eigenvalue weighted by atomic mass is 16.5. The van der Waals surface area contributed by atoms with Crippen molar-refractivity contribution in [1.82, 2.24) is 19.9 Å². The largest absolute Gasteiger partial charge is 0.497 e. The number of benzene rings is 2. The van der Waals surface area contributed by atoms with E-state index in [1.165, 1.54) is 0 Å². The van der Waals surface area contributed by atoms with Crippen molar-refractivity contribution in [3.63, 3.8) is 0 Å². The van der Waals surface area contributed by atoms with E-state index in [4.69, 9.17) is 43.9 Å². The highest BCUT2D eigenvalue weighted by Crippen LogP contribution is 2.45. The van der Waals surface area contributed by atoms with Crippen LogP contribution in [-0.4, -0.2) is 58.6 Å². The lowest BCUT2D eigenvalue weighted by atomic mass is 9.79. The molecule has 0 aliphatic carbocycles. The minimum atomic E-state index is -1.65. The van der Waals surface area contributed by atoms with Crippen LogP contribution >= 0.6 is 0 Å². The highest BCUT2D eigenvalue weighted by Gasteiger charge is 2.39. The lowest BCUT2D eigenvalue weighted by molar-refractivity contribution is 0.415. The standard InChI is InChI=1S/C44H58N10O2/c1-41(2,3)35-19-17-31(51-35)33-21-29(39(53-33)25-9-13-27(55-7)14-10-25)37(43(47,48)23-45)38(44(49,50)24-46)30-22-34(32-18-20-36(52-32)42(4,5)6)54-40(30)26-11-15-28(56-8)16-12-26/h9-22,51-54H,23-24,45-50H2,1-8H3/b38-37-. The molecule has 16 N–H and O–H groups in total. The molecule has 6 aromatic rings. The van der Waals surface area contributed by atoms with Crippen LogP contribution in [0.4, 0.5) is 0 Å². The van der Waals surface area contributed by atoms with Crippen LogP contribution in [0.25, 0.3) is 56.4 Å². The molecule has 6 rings (SSSR count). The topological polar surface area (TPSA) is 238 Å². The summed E-state index contributed by atoms with van der Waals surface area (Å²) < 4.78 is 11.0. The number of hydrogen-bond acceptors (Lipinski definition) is 8. The van der Waals surface area contributed by atoms with Crippen LogP contribution in [0.1, 0.15) is 64.1 Å². The number of aromatic nitrogens is 4. The van der Waals surface area contributed by atoms with Crippen molar-refractivity contribution in [2.45, 2.75) is 63.7 Å². The molecule has 0 atom stereocenters. The van der Waals surface area contributed by atoms with E-state index in [0.717, 1.165) is 56.7 Å². The van der Waals surface area contributed by atoms with Gasteiger partial charge >= 0.3 is 0 Å². The lowest BCUT2D eigenvalue weighted by Gasteiger charge is -2.36. The van der Waals surface area contributed by atoms with Gasteiger partial charge in [0.2, 0.25) is 0 Å². The third-order valence-electron chi connectivity index (χ3n) is 10.4. The number of H-pyrrole nitrogens is 4. The molecular formula is C44H58N10O2. The van der Waals surface area contributed by atoms with E-state index in [0.29, 0.717) is 33.8 Å². The van der Waals surface area contributed by atoms with Gasteiger partial charge in [0, 0.05) is 57.6 Å². The van der Waals surface area contributed by atoms with Crippen LogP contribution in [0.5, 0.6) is 11.5 Å². The van der Waals surface area contributed by atoms with E-state index in [9.17, 15) is 0 Å². The summed E-state index contributed by atoms with van der Waals surface area (Å²) in [5, 5.41) is 0. The quantitative estimate of drug-likeness (QED) is 0.0631. The molecule has 0 aliphatic rings. The normalized spacial score (nSPS) is 13.2. The minimum absolute atomic E-state index is 0.107. The van der Waals surface area contributed by atoms with Gasteiger partial charge in [-0.05, 0) is 96.1 Å². The SMILES string of the molecule is COc1ccc(-c2[nH]c(-c3ccc(C(C)(C)C)[nH]3)cc2/C(=C(\c2cc(-c3ccc(C(C)(C)C)[nH]3)[nH]c2-c2ccc(OC)cc2)C(N)(N)CN)C(N)(N)CN)cc1. The molecule has 0 unspecified atom stereocenters.